The summed E-state index contributed by atoms with van der Waals surface area (Å²) in [5.41, 5.74) is 17.1. The first-order chi connectivity index (χ1) is 17.9. The van der Waals surface area contributed by atoms with Gasteiger partial charge in [0.1, 0.15) is 12.6 Å². The molecule has 0 saturated carbocycles. The largest absolute Gasteiger partial charge is 0.280 e. The summed E-state index contributed by atoms with van der Waals surface area (Å²) in [5.74, 6) is 1.60. The molecule has 0 bridgehead atoms. The second kappa shape index (κ2) is 11.1. The van der Waals surface area contributed by atoms with E-state index < -0.39 is 0 Å². The minimum absolute atomic E-state index is 0.0618. The van der Waals surface area contributed by atoms with Crippen LogP contribution in [0.25, 0.3) is 0 Å². The van der Waals surface area contributed by atoms with Crippen LogP contribution in [0, 0.1) is 27.3 Å². The van der Waals surface area contributed by atoms with Crippen LogP contribution in [0.3, 0.4) is 0 Å². The molecule has 0 aromatic heterocycles. The average molecular weight is 510 g/mol. The molecule has 3 aromatic rings. The first kappa shape index (κ1) is 28.2. The number of anilines is 2. The highest BCUT2D eigenvalue weighted by atomic mass is 15.8. The normalized spacial score (nSPS) is 16.1. The fourth-order valence-electron chi connectivity index (χ4n) is 6.04. The molecule has 3 nitrogen and oxygen atoms in total. The number of hydrazine groups is 2. The number of para-hydroxylation sites is 2. The Kier molecular flexibility index (Phi) is 8.28. The zero-order valence-electron chi connectivity index (χ0n) is 25.4. The van der Waals surface area contributed by atoms with E-state index in [0.29, 0.717) is 23.7 Å². The van der Waals surface area contributed by atoms with Gasteiger partial charge in [0.2, 0.25) is 0 Å². The van der Waals surface area contributed by atoms with Crippen molar-refractivity contribution in [2.45, 2.75) is 106 Å². The first-order valence-corrected chi connectivity index (χ1v) is 14.4. The number of rotatable bonds is 7. The molecule has 202 valence electrons. The highest BCUT2D eigenvalue weighted by Gasteiger charge is 2.39. The van der Waals surface area contributed by atoms with Crippen molar-refractivity contribution in [3.63, 3.8) is 0 Å². The molecule has 1 aliphatic rings. The predicted molar refractivity (Wildman–Crippen MR) is 164 cm³/mol. The van der Waals surface area contributed by atoms with E-state index in [1.165, 1.54) is 55.9 Å². The maximum Gasteiger partial charge on any atom is 0.143 e. The van der Waals surface area contributed by atoms with Gasteiger partial charge in [-0.1, -0.05) is 109 Å². The van der Waals surface area contributed by atoms with Crippen molar-refractivity contribution in [1.29, 1.82) is 0 Å². The van der Waals surface area contributed by atoms with Crippen molar-refractivity contribution in [3.8, 4) is 0 Å². The fraction of sp³-hybridized carbons (Fsp3) is 0.457. The van der Waals surface area contributed by atoms with Crippen LogP contribution >= 0.6 is 0 Å². The van der Waals surface area contributed by atoms with Crippen LogP contribution in [-0.4, -0.2) is 0 Å². The van der Waals surface area contributed by atoms with Gasteiger partial charge in [-0.25, -0.2) is 0 Å². The molecule has 1 unspecified atom stereocenters. The summed E-state index contributed by atoms with van der Waals surface area (Å²) >= 11 is 0. The molecule has 3 aromatic carbocycles. The van der Waals surface area contributed by atoms with E-state index in [1.807, 2.05) is 0 Å². The van der Waals surface area contributed by atoms with Crippen molar-refractivity contribution in [1.82, 2.24) is 5.53 Å². The van der Waals surface area contributed by atoms with E-state index in [1.54, 1.807) is 0 Å². The lowest BCUT2D eigenvalue weighted by atomic mass is 9.89. The fourth-order valence-corrected chi connectivity index (χ4v) is 6.04. The second-order valence-electron chi connectivity index (χ2n) is 12.3. The zero-order chi connectivity index (χ0) is 27.9. The van der Waals surface area contributed by atoms with E-state index in [2.05, 4.69) is 147 Å². The lowest BCUT2D eigenvalue weighted by Gasteiger charge is -2.33. The summed E-state index contributed by atoms with van der Waals surface area (Å²) in [6.07, 6.45) is 0. The smallest absolute Gasteiger partial charge is 0.143 e. The maximum absolute atomic E-state index is 3.94. The minimum atomic E-state index is -0.0618. The highest BCUT2D eigenvalue weighted by molar-refractivity contribution is 5.70. The number of hydrogen-bond acceptors (Lipinski definition) is 3. The minimum Gasteiger partial charge on any atom is -0.280 e. The van der Waals surface area contributed by atoms with Gasteiger partial charge in [-0.3, -0.25) is 10.0 Å². The number of nitrogens with one attached hydrogen (secondary N) is 1. The molecule has 0 spiro atoms. The Balaban J connectivity index is 1.99. The van der Waals surface area contributed by atoms with E-state index in [4.69, 9.17) is 0 Å². The zero-order valence-corrected chi connectivity index (χ0v) is 25.4. The van der Waals surface area contributed by atoms with Crippen LogP contribution in [0.15, 0.2) is 48.5 Å². The molecule has 0 aliphatic carbocycles. The van der Waals surface area contributed by atoms with Crippen molar-refractivity contribution >= 4 is 11.4 Å². The SMILES string of the molecule is Cc1cc(C)c(C2[C]N(c3c(C(C)C)cccc3C(C)C)NN2c2c(C(C)C)cccc2C(C)C)c(C)c1. The molecular formula is C35H47N3. The van der Waals surface area contributed by atoms with E-state index in [-0.39, 0.29) is 6.04 Å². The molecule has 38 heavy (non-hydrogen) atoms. The van der Waals surface area contributed by atoms with Crippen LogP contribution in [0.1, 0.15) is 130 Å². The predicted octanol–water partition coefficient (Wildman–Crippen LogP) is 9.63. The third-order valence-corrected chi connectivity index (χ3v) is 7.88. The van der Waals surface area contributed by atoms with Crippen molar-refractivity contribution < 1.29 is 0 Å². The van der Waals surface area contributed by atoms with Crippen LogP contribution in [0.4, 0.5) is 11.4 Å². The van der Waals surface area contributed by atoms with Gasteiger partial charge in [0.05, 0.1) is 11.4 Å². The highest BCUT2D eigenvalue weighted by Crippen LogP contribution is 2.46. The van der Waals surface area contributed by atoms with E-state index in [0.717, 1.165) is 0 Å². The number of benzene rings is 3. The molecule has 1 fully saturated rings. The van der Waals surface area contributed by atoms with Gasteiger partial charge >= 0.3 is 0 Å². The Morgan fingerprint density at radius 2 is 1.03 bits per heavy atom. The standard InChI is InChI=1S/C35H47N3/c1-21(2)28-14-12-15-29(22(3)4)34(28)37-20-32(33-26(10)18-25(9)19-27(33)11)38(36-37)35-30(23(5)6)16-13-17-31(35)24(7)8/h12-19,21-24,32,36H,1-11H3. The van der Waals surface area contributed by atoms with Gasteiger partial charge in [0.25, 0.3) is 0 Å². The number of aryl methyl sites for hydroxylation is 3. The molecule has 4 rings (SSSR count). The molecular weight excluding hydrogens is 462 g/mol. The molecule has 1 N–H and O–H groups in total. The lowest BCUT2D eigenvalue weighted by Crippen LogP contribution is -2.42. The van der Waals surface area contributed by atoms with E-state index >= 15 is 0 Å². The molecule has 2 radical (unpaired) electrons. The second-order valence-corrected chi connectivity index (χ2v) is 12.3. The molecule has 3 heteroatoms. The first-order valence-electron chi connectivity index (χ1n) is 14.4. The van der Waals surface area contributed by atoms with Crippen LogP contribution < -0.4 is 15.6 Å². The third-order valence-electron chi connectivity index (χ3n) is 7.88. The Morgan fingerprint density at radius 1 is 0.632 bits per heavy atom. The van der Waals surface area contributed by atoms with Gasteiger partial charge < -0.3 is 0 Å². The van der Waals surface area contributed by atoms with Gasteiger partial charge in [-0.05, 0) is 83.4 Å². The van der Waals surface area contributed by atoms with Crippen molar-refractivity contribution in [2.75, 3.05) is 10.0 Å². The lowest BCUT2D eigenvalue weighted by molar-refractivity contribution is 0.659. The Bertz CT molecular complexity index is 1210. The topological polar surface area (TPSA) is 18.5 Å². The monoisotopic (exact) mass is 509 g/mol. The van der Waals surface area contributed by atoms with Crippen LogP contribution in [-0.2, 0) is 0 Å². The number of nitrogens with zero attached hydrogens (tertiary/aromatic N) is 2. The molecule has 1 heterocycles. The molecule has 1 aliphatic heterocycles. The average Bonchev–Trinajstić information content (AvgIpc) is 3.26. The van der Waals surface area contributed by atoms with Crippen LogP contribution in [0.5, 0.6) is 0 Å². The molecule has 0 amide bonds. The van der Waals surface area contributed by atoms with Gasteiger partial charge in [-0.15, -0.1) is 5.53 Å². The Morgan fingerprint density at radius 3 is 1.42 bits per heavy atom. The maximum atomic E-state index is 3.94. The summed E-state index contributed by atoms with van der Waals surface area (Å²) in [7, 11) is 0. The van der Waals surface area contributed by atoms with Crippen molar-refractivity contribution in [2.24, 2.45) is 0 Å². The summed E-state index contributed by atoms with van der Waals surface area (Å²) in [4.78, 5) is 0. The molecule has 1 atom stereocenters. The summed E-state index contributed by atoms with van der Waals surface area (Å²) in [6.45, 7) is 29.0. The van der Waals surface area contributed by atoms with E-state index in [9.17, 15) is 0 Å². The summed E-state index contributed by atoms with van der Waals surface area (Å²) < 4.78 is 0. The third kappa shape index (κ3) is 5.23. The van der Waals surface area contributed by atoms with Gasteiger partial charge in [0.15, 0.2) is 0 Å². The Labute approximate surface area is 232 Å². The van der Waals surface area contributed by atoms with Gasteiger partial charge in [-0.2, -0.15) is 0 Å². The van der Waals surface area contributed by atoms with Crippen molar-refractivity contribution in [3.05, 3.63) is 99.6 Å². The number of hydrogen-bond donors (Lipinski definition) is 1. The Hall–Kier alpha value is -2.78. The van der Waals surface area contributed by atoms with Crippen LogP contribution in [0.2, 0.25) is 0 Å². The summed E-state index contributed by atoms with van der Waals surface area (Å²) in [5, 5.41) is 4.60. The van der Waals surface area contributed by atoms with Gasteiger partial charge in [0, 0.05) is 0 Å². The summed E-state index contributed by atoms with van der Waals surface area (Å²) in [6, 6.07) is 18.1. The molecule has 1 saturated heterocycles. The quantitative estimate of drug-likeness (QED) is 0.342.